The van der Waals surface area contributed by atoms with E-state index in [-0.39, 0.29) is 19.5 Å². The van der Waals surface area contributed by atoms with Crippen molar-refractivity contribution in [3.63, 3.8) is 0 Å². The SMILES string of the molecule is CN(C)[N-]/C1=C/CCCCCC1.C[C-](C)C.[Zn+2]. The Morgan fingerprint density at radius 3 is 2.12 bits per heavy atom. The average molecular weight is 290 g/mol. The third-order valence-corrected chi connectivity index (χ3v) is 2.10. The van der Waals surface area contributed by atoms with Gasteiger partial charge in [0.1, 0.15) is 0 Å². The monoisotopic (exact) mass is 288 g/mol. The minimum Gasteiger partial charge on any atom is -0.624 e. The van der Waals surface area contributed by atoms with E-state index in [9.17, 15) is 0 Å². The molecule has 0 fully saturated rings. The Balaban J connectivity index is 0. The minimum absolute atomic E-state index is 0. The van der Waals surface area contributed by atoms with Gasteiger partial charge in [0.05, 0.1) is 0 Å². The zero-order valence-corrected chi connectivity index (χ0v) is 15.4. The summed E-state index contributed by atoms with van der Waals surface area (Å²) in [5, 5.41) is 1.90. The number of nitrogens with zero attached hydrogens (tertiary/aromatic N) is 2. The summed E-state index contributed by atoms with van der Waals surface area (Å²) in [6, 6.07) is 0. The van der Waals surface area contributed by atoms with Crippen molar-refractivity contribution in [2.24, 2.45) is 0 Å². The number of hydrogen-bond acceptors (Lipinski definition) is 1. The number of hydrogen-bond donors (Lipinski definition) is 0. The van der Waals surface area contributed by atoms with E-state index in [1.165, 1.54) is 43.7 Å². The Kier molecular flexibility index (Phi) is 14.4. The molecule has 1 aliphatic carbocycles. The van der Waals surface area contributed by atoms with Gasteiger partial charge in [-0.3, -0.25) is 0 Å². The molecule has 17 heavy (non-hydrogen) atoms. The Morgan fingerprint density at radius 1 is 1.06 bits per heavy atom. The van der Waals surface area contributed by atoms with Crippen molar-refractivity contribution in [2.45, 2.75) is 59.3 Å². The van der Waals surface area contributed by atoms with Crippen LogP contribution in [0.1, 0.15) is 59.3 Å². The molecule has 0 N–H and O–H groups in total. The summed E-state index contributed by atoms with van der Waals surface area (Å²) >= 11 is 0. The van der Waals surface area contributed by atoms with Gasteiger partial charge in [-0.05, 0) is 33.4 Å². The van der Waals surface area contributed by atoms with Crippen molar-refractivity contribution in [1.82, 2.24) is 5.01 Å². The fraction of sp³-hybridized carbons (Fsp3) is 0.786. The molecule has 1 rings (SSSR count). The van der Waals surface area contributed by atoms with Crippen molar-refractivity contribution in [1.29, 1.82) is 0 Å². The molecule has 0 atom stereocenters. The molecule has 0 saturated carbocycles. The van der Waals surface area contributed by atoms with E-state index < -0.39 is 0 Å². The van der Waals surface area contributed by atoms with Gasteiger partial charge in [-0.1, -0.05) is 19.3 Å². The van der Waals surface area contributed by atoms with Crippen LogP contribution in [-0.4, -0.2) is 19.1 Å². The molecule has 0 unspecified atom stereocenters. The van der Waals surface area contributed by atoms with Crippen LogP contribution in [0, 0.1) is 5.92 Å². The fourth-order valence-electron chi connectivity index (χ4n) is 1.52. The molecular formula is C14H28N2Zn. The van der Waals surface area contributed by atoms with Crippen LogP contribution >= 0.6 is 0 Å². The quantitative estimate of drug-likeness (QED) is 0.409. The van der Waals surface area contributed by atoms with Crippen LogP contribution in [0.5, 0.6) is 0 Å². The first-order chi connectivity index (χ1) is 7.52. The van der Waals surface area contributed by atoms with Crippen molar-refractivity contribution in [2.75, 3.05) is 14.1 Å². The molecule has 0 aromatic heterocycles. The van der Waals surface area contributed by atoms with Crippen LogP contribution in [-0.2, 0) is 19.5 Å². The van der Waals surface area contributed by atoms with Gasteiger partial charge in [0.2, 0.25) is 0 Å². The molecule has 0 aromatic rings. The van der Waals surface area contributed by atoms with E-state index in [0.717, 1.165) is 6.42 Å². The van der Waals surface area contributed by atoms with Gasteiger partial charge >= 0.3 is 19.5 Å². The molecule has 0 amide bonds. The van der Waals surface area contributed by atoms with Crippen LogP contribution in [0.3, 0.4) is 0 Å². The van der Waals surface area contributed by atoms with Gasteiger partial charge in [0.25, 0.3) is 0 Å². The maximum absolute atomic E-state index is 4.43. The van der Waals surface area contributed by atoms with Crippen molar-refractivity contribution >= 4 is 0 Å². The first kappa shape index (κ1) is 19.5. The Bertz CT molecular complexity index is 186. The zero-order chi connectivity index (χ0) is 12.4. The van der Waals surface area contributed by atoms with Crippen LogP contribution < -0.4 is 0 Å². The topological polar surface area (TPSA) is 17.3 Å². The summed E-state index contributed by atoms with van der Waals surface area (Å²) in [7, 11) is 3.97. The molecular weight excluding hydrogens is 262 g/mol. The first-order valence-corrected chi connectivity index (χ1v) is 6.37. The van der Waals surface area contributed by atoms with Crippen LogP contribution in [0.2, 0.25) is 0 Å². The summed E-state index contributed by atoms with van der Waals surface area (Å²) in [6.07, 6.45) is 10.1. The second-order valence-corrected chi connectivity index (χ2v) is 5.10. The molecule has 0 heterocycles. The Labute approximate surface area is 121 Å². The second-order valence-electron chi connectivity index (χ2n) is 5.10. The average Bonchev–Trinajstić information content (AvgIpc) is 2.07. The Hall–Kier alpha value is 0.123. The molecule has 0 aromatic carbocycles. The van der Waals surface area contributed by atoms with E-state index in [4.69, 9.17) is 0 Å². The maximum Gasteiger partial charge on any atom is 2.00 e. The zero-order valence-electron chi connectivity index (χ0n) is 12.4. The van der Waals surface area contributed by atoms with E-state index >= 15 is 0 Å². The predicted molar refractivity (Wildman–Crippen MR) is 73.1 cm³/mol. The fourth-order valence-corrected chi connectivity index (χ4v) is 1.52. The van der Waals surface area contributed by atoms with Gasteiger partial charge in [-0.15, -0.1) is 6.08 Å². The summed E-state index contributed by atoms with van der Waals surface area (Å²) in [4.78, 5) is 0. The van der Waals surface area contributed by atoms with Crippen LogP contribution in [0.15, 0.2) is 11.8 Å². The molecule has 96 valence electrons. The molecule has 0 radical (unpaired) electrons. The predicted octanol–water partition coefficient (Wildman–Crippen LogP) is 4.69. The number of rotatable bonds is 2. The first-order valence-electron chi connectivity index (χ1n) is 6.37. The van der Waals surface area contributed by atoms with Gasteiger partial charge in [-0.2, -0.15) is 26.5 Å². The third kappa shape index (κ3) is 16.1. The van der Waals surface area contributed by atoms with Crippen LogP contribution in [0.4, 0.5) is 0 Å². The summed E-state index contributed by atoms with van der Waals surface area (Å²) in [5.74, 6) is 1.42. The normalized spacial score (nSPS) is 19.1. The summed E-state index contributed by atoms with van der Waals surface area (Å²) in [6.45, 7) is 6.25. The molecule has 0 bridgehead atoms. The molecule has 0 spiro atoms. The minimum atomic E-state index is 0. The smallest absolute Gasteiger partial charge is 0.624 e. The standard InChI is InChI=1S/C10H19N2.C4H9.Zn/c1-12(2)11-10-8-6-4-3-5-7-9-10;1-4(2)3;/h8H,3-7,9H2,1-2H3;1-3H3;/q2*-1;+2/b10-8+;;. The molecule has 1 aliphatic rings. The van der Waals surface area contributed by atoms with E-state index in [0.29, 0.717) is 0 Å². The van der Waals surface area contributed by atoms with Gasteiger partial charge in [-0.25, -0.2) is 0 Å². The maximum atomic E-state index is 4.43. The Morgan fingerprint density at radius 2 is 1.59 bits per heavy atom. The molecule has 0 aliphatic heterocycles. The van der Waals surface area contributed by atoms with E-state index in [1.54, 1.807) is 0 Å². The van der Waals surface area contributed by atoms with Gasteiger partial charge in [0.15, 0.2) is 0 Å². The van der Waals surface area contributed by atoms with E-state index in [2.05, 4.69) is 32.3 Å². The summed E-state index contributed by atoms with van der Waals surface area (Å²) in [5.41, 5.74) is 5.71. The van der Waals surface area contributed by atoms with Gasteiger partial charge < -0.3 is 16.4 Å². The largest absolute Gasteiger partial charge is 2.00 e. The van der Waals surface area contributed by atoms with Crippen molar-refractivity contribution < 1.29 is 19.5 Å². The molecule has 3 heteroatoms. The second kappa shape index (κ2) is 12.6. The van der Waals surface area contributed by atoms with Crippen molar-refractivity contribution in [3.05, 3.63) is 23.1 Å². The third-order valence-electron chi connectivity index (χ3n) is 2.10. The van der Waals surface area contributed by atoms with E-state index in [1.807, 2.05) is 19.1 Å². The molecule has 2 nitrogen and oxygen atoms in total. The van der Waals surface area contributed by atoms with Gasteiger partial charge in [0, 0.05) is 0 Å². The summed E-state index contributed by atoms with van der Waals surface area (Å²) < 4.78 is 0. The van der Waals surface area contributed by atoms with Crippen molar-refractivity contribution in [3.8, 4) is 0 Å². The molecule has 0 saturated heterocycles. The van der Waals surface area contributed by atoms with Crippen LogP contribution in [0.25, 0.3) is 5.43 Å². The number of allylic oxidation sites excluding steroid dienone is 2.